The molecule has 0 radical (unpaired) electrons. The SMILES string of the molecule is Cc1cccc(CN(C(=O)C2(C)CCNC2)C2CC2)c1. The fraction of sp³-hybridized carbons (Fsp3) is 0.588. The van der Waals surface area contributed by atoms with E-state index in [0.29, 0.717) is 11.9 Å². The zero-order valence-corrected chi connectivity index (χ0v) is 12.5. The highest BCUT2D eigenvalue weighted by Gasteiger charge is 2.43. The number of carbonyl (C=O) groups is 1. The molecule has 1 unspecified atom stereocenters. The molecule has 20 heavy (non-hydrogen) atoms. The lowest BCUT2D eigenvalue weighted by Crippen LogP contribution is -2.44. The van der Waals surface area contributed by atoms with Crippen LogP contribution in [0, 0.1) is 12.3 Å². The predicted molar refractivity (Wildman–Crippen MR) is 80.3 cm³/mol. The van der Waals surface area contributed by atoms with Gasteiger partial charge in [-0.15, -0.1) is 0 Å². The minimum atomic E-state index is -0.202. The van der Waals surface area contributed by atoms with Gasteiger partial charge in [0.05, 0.1) is 5.41 Å². The summed E-state index contributed by atoms with van der Waals surface area (Å²) in [4.78, 5) is 15.1. The average molecular weight is 272 g/mol. The topological polar surface area (TPSA) is 32.3 Å². The molecule has 1 saturated carbocycles. The first-order valence-electron chi connectivity index (χ1n) is 7.66. The van der Waals surface area contributed by atoms with Crippen LogP contribution in [0.3, 0.4) is 0 Å². The summed E-state index contributed by atoms with van der Waals surface area (Å²) >= 11 is 0. The largest absolute Gasteiger partial charge is 0.335 e. The first-order chi connectivity index (χ1) is 9.58. The van der Waals surface area contributed by atoms with Crippen LogP contribution in [0.15, 0.2) is 24.3 Å². The molecule has 108 valence electrons. The van der Waals surface area contributed by atoms with Gasteiger partial charge in [0.1, 0.15) is 0 Å². The molecule has 1 aromatic rings. The fourth-order valence-electron chi connectivity index (χ4n) is 3.11. The van der Waals surface area contributed by atoms with Crippen molar-refractivity contribution in [2.24, 2.45) is 5.41 Å². The van der Waals surface area contributed by atoms with Crippen LogP contribution in [0.25, 0.3) is 0 Å². The summed E-state index contributed by atoms with van der Waals surface area (Å²) in [6.45, 7) is 6.77. The summed E-state index contributed by atoms with van der Waals surface area (Å²) in [6, 6.07) is 8.98. The van der Waals surface area contributed by atoms with Crippen molar-refractivity contribution in [2.45, 2.75) is 45.7 Å². The molecule has 1 heterocycles. The molecule has 1 N–H and O–H groups in total. The maximum atomic E-state index is 12.9. The lowest BCUT2D eigenvalue weighted by Gasteiger charge is -2.31. The highest BCUT2D eigenvalue weighted by Crippen LogP contribution is 2.35. The Labute approximate surface area is 121 Å². The molecule has 3 heteroatoms. The predicted octanol–water partition coefficient (Wildman–Crippen LogP) is 2.49. The summed E-state index contributed by atoms with van der Waals surface area (Å²) in [7, 11) is 0. The molecular formula is C17H24N2O. The van der Waals surface area contributed by atoms with Crippen LogP contribution in [0.5, 0.6) is 0 Å². The maximum absolute atomic E-state index is 12.9. The van der Waals surface area contributed by atoms with Crippen LogP contribution in [-0.2, 0) is 11.3 Å². The quantitative estimate of drug-likeness (QED) is 0.913. The molecule has 2 fully saturated rings. The monoisotopic (exact) mass is 272 g/mol. The zero-order valence-electron chi connectivity index (χ0n) is 12.5. The minimum absolute atomic E-state index is 0.202. The number of carbonyl (C=O) groups excluding carboxylic acids is 1. The molecular weight excluding hydrogens is 248 g/mol. The lowest BCUT2D eigenvalue weighted by atomic mass is 9.87. The van der Waals surface area contributed by atoms with Gasteiger partial charge in [-0.3, -0.25) is 4.79 Å². The molecule has 1 aromatic carbocycles. The normalized spacial score (nSPS) is 25.7. The van der Waals surface area contributed by atoms with Crippen molar-refractivity contribution in [1.29, 1.82) is 0 Å². The van der Waals surface area contributed by atoms with Crippen LogP contribution < -0.4 is 5.32 Å². The van der Waals surface area contributed by atoms with Gasteiger partial charge in [-0.2, -0.15) is 0 Å². The second-order valence-electron chi connectivity index (χ2n) is 6.64. The molecule has 1 aliphatic carbocycles. The third kappa shape index (κ3) is 2.73. The standard InChI is InChI=1S/C17H24N2O/c1-13-4-3-5-14(10-13)11-19(15-6-7-15)16(20)17(2)8-9-18-12-17/h3-5,10,15,18H,6-9,11-12H2,1-2H3. The Hall–Kier alpha value is -1.35. The van der Waals surface area contributed by atoms with Gasteiger partial charge in [0.15, 0.2) is 0 Å². The summed E-state index contributed by atoms with van der Waals surface area (Å²) in [5.41, 5.74) is 2.31. The van der Waals surface area contributed by atoms with Crippen molar-refractivity contribution in [3.8, 4) is 0 Å². The Morgan fingerprint density at radius 3 is 2.85 bits per heavy atom. The molecule has 0 aromatic heterocycles. The Balaban J connectivity index is 1.77. The summed E-state index contributed by atoms with van der Waals surface area (Å²) in [5, 5.41) is 3.33. The van der Waals surface area contributed by atoms with Crippen LogP contribution in [0.2, 0.25) is 0 Å². The van der Waals surface area contributed by atoms with E-state index in [9.17, 15) is 4.79 Å². The van der Waals surface area contributed by atoms with E-state index in [4.69, 9.17) is 0 Å². The van der Waals surface area contributed by atoms with Crippen LogP contribution in [0.4, 0.5) is 0 Å². The van der Waals surface area contributed by atoms with Crippen molar-refractivity contribution in [3.05, 3.63) is 35.4 Å². The third-order valence-corrected chi connectivity index (χ3v) is 4.57. The van der Waals surface area contributed by atoms with Gasteiger partial charge in [-0.25, -0.2) is 0 Å². The second-order valence-corrected chi connectivity index (χ2v) is 6.64. The zero-order chi connectivity index (χ0) is 14.2. The average Bonchev–Trinajstić information content (AvgIpc) is 3.17. The number of nitrogens with one attached hydrogen (secondary N) is 1. The molecule has 2 aliphatic rings. The molecule has 3 nitrogen and oxygen atoms in total. The number of hydrogen-bond donors (Lipinski definition) is 1. The molecule has 0 bridgehead atoms. The van der Waals surface area contributed by atoms with E-state index in [-0.39, 0.29) is 5.41 Å². The maximum Gasteiger partial charge on any atom is 0.230 e. The number of rotatable bonds is 4. The van der Waals surface area contributed by atoms with E-state index in [1.165, 1.54) is 24.0 Å². The molecule has 3 rings (SSSR count). The number of nitrogens with zero attached hydrogens (tertiary/aromatic N) is 1. The highest BCUT2D eigenvalue weighted by atomic mass is 16.2. The first kappa shape index (κ1) is 13.6. The number of amides is 1. The van der Waals surface area contributed by atoms with Gasteiger partial charge in [0.2, 0.25) is 5.91 Å². The molecule has 1 saturated heterocycles. The number of hydrogen-bond acceptors (Lipinski definition) is 2. The summed E-state index contributed by atoms with van der Waals surface area (Å²) < 4.78 is 0. The van der Waals surface area contributed by atoms with Gasteiger partial charge in [-0.1, -0.05) is 29.8 Å². The van der Waals surface area contributed by atoms with Crippen LogP contribution in [0.1, 0.15) is 37.3 Å². The van der Waals surface area contributed by atoms with Crippen molar-refractivity contribution in [2.75, 3.05) is 13.1 Å². The Kier molecular flexibility index (Phi) is 3.55. The van der Waals surface area contributed by atoms with Gasteiger partial charge in [-0.05, 0) is 45.2 Å². The van der Waals surface area contributed by atoms with Crippen molar-refractivity contribution >= 4 is 5.91 Å². The van der Waals surface area contributed by atoms with E-state index in [1.807, 2.05) is 0 Å². The fourth-order valence-corrected chi connectivity index (χ4v) is 3.11. The molecule has 0 spiro atoms. The minimum Gasteiger partial charge on any atom is -0.335 e. The van der Waals surface area contributed by atoms with Crippen LogP contribution >= 0.6 is 0 Å². The third-order valence-electron chi connectivity index (χ3n) is 4.57. The Morgan fingerprint density at radius 1 is 1.45 bits per heavy atom. The smallest absolute Gasteiger partial charge is 0.230 e. The highest BCUT2D eigenvalue weighted by molar-refractivity contribution is 5.83. The Morgan fingerprint density at radius 2 is 2.25 bits per heavy atom. The Bertz CT molecular complexity index is 501. The van der Waals surface area contributed by atoms with Crippen molar-refractivity contribution in [1.82, 2.24) is 10.2 Å². The van der Waals surface area contributed by atoms with E-state index in [1.54, 1.807) is 0 Å². The molecule has 1 amide bonds. The van der Waals surface area contributed by atoms with Gasteiger partial charge in [0, 0.05) is 19.1 Å². The van der Waals surface area contributed by atoms with Gasteiger partial charge < -0.3 is 10.2 Å². The van der Waals surface area contributed by atoms with E-state index in [2.05, 4.69) is 48.3 Å². The van der Waals surface area contributed by atoms with Crippen LogP contribution in [-0.4, -0.2) is 29.9 Å². The van der Waals surface area contributed by atoms with E-state index >= 15 is 0 Å². The number of benzene rings is 1. The molecule has 1 aliphatic heterocycles. The van der Waals surface area contributed by atoms with E-state index < -0.39 is 0 Å². The lowest BCUT2D eigenvalue weighted by molar-refractivity contribution is -0.141. The van der Waals surface area contributed by atoms with Crippen molar-refractivity contribution in [3.63, 3.8) is 0 Å². The number of aryl methyl sites for hydroxylation is 1. The summed E-state index contributed by atoms with van der Waals surface area (Å²) in [5.74, 6) is 0.339. The van der Waals surface area contributed by atoms with Gasteiger partial charge >= 0.3 is 0 Å². The van der Waals surface area contributed by atoms with Crippen molar-refractivity contribution < 1.29 is 4.79 Å². The summed E-state index contributed by atoms with van der Waals surface area (Å²) in [6.07, 6.45) is 3.30. The second kappa shape index (κ2) is 5.21. The molecule has 1 atom stereocenters. The van der Waals surface area contributed by atoms with Gasteiger partial charge in [0.25, 0.3) is 0 Å². The first-order valence-corrected chi connectivity index (χ1v) is 7.66. The van der Waals surface area contributed by atoms with E-state index in [0.717, 1.165) is 26.1 Å².